The highest BCUT2D eigenvalue weighted by Gasteiger charge is 2.50. The molecule has 138 valence electrons. The first-order valence-electron chi connectivity index (χ1n) is 9.17. The van der Waals surface area contributed by atoms with Gasteiger partial charge in [-0.1, -0.05) is 12.1 Å². The lowest BCUT2D eigenvalue weighted by atomic mass is 9.85. The number of carbonyl (C=O) groups excluding carboxylic acids is 1. The highest BCUT2D eigenvalue weighted by molar-refractivity contribution is 5.87. The predicted octanol–water partition coefficient (Wildman–Crippen LogP) is 1.01. The molecule has 25 heavy (non-hydrogen) atoms. The number of aliphatic hydroxyl groups is 2. The highest BCUT2D eigenvalue weighted by Crippen LogP contribution is 2.39. The molecule has 0 radical (unpaired) electrons. The van der Waals surface area contributed by atoms with Gasteiger partial charge in [0.25, 0.3) is 0 Å². The number of likely N-dealkylation sites (tertiary alicyclic amines) is 2. The molecule has 6 heteroatoms. The van der Waals surface area contributed by atoms with E-state index in [-0.39, 0.29) is 25.7 Å². The SMILES string of the molecule is O=C1N(CCO)CCCC12CCCN2Cc1cccc(OCCO)c1. The third kappa shape index (κ3) is 3.81. The molecule has 0 bridgehead atoms. The van der Waals surface area contributed by atoms with Crippen LogP contribution in [0.3, 0.4) is 0 Å². The maximum Gasteiger partial charge on any atom is 0.243 e. The van der Waals surface area contributed by atoms with Crippen molar-refractivity contribution in [2.45, 2.75) is 37.8 Å². The molecule has 1 unspecified atom stereocenters. The summed E-state index contributed by atoms with van der Waals surface area (Å²) in [5, 5.41) is 18.1. The normalized spacial score (nSPS) is 24.2. The minimum Gasteiger partial charge on any atom is -0.491 e. The molecule has 0 aromatic heterocycles. The first kappa shape index (κ1) is 18.2. The minimum atomic E-state index is -0.407. The summed E-state index contributed by atoms with van der Waals surface area (Å²) in [5.41, 5.74) is 0.707. The Kier molecular flexibility index (Phi) is 5.93. The maximum absolute atomic E-state index is 13.1. The van der Waals surface area contributed by atoms with Crippen LogP contribution in [0.1, 0.15) is 31.2 Å². The van der Waals surface area contributed by atoms with Crippen LogP contribution in [0.15, 0.2) is 24.3 Å². The Labute approximate surface area is 149 Å². The molecule has 2 aliphatic heterocycles. The van der Waals surface area contributed by atoms with Crippen LogP contribution in [-0.2, 0) is 11.3 Å². The summed E-state index contributed by atoms with van der Waals surface area (Å²) in [4.78, 5) is 17.2. The maximum atomic E-state index is 13.1. The second-order valence-corrected chi connectivity index (χ2v) is 6.90. The summed E-state index contributed by atoms with van der Waals surface area (Å²) in [6, 6.07) is 7.87. The predicted molar refractivity (Wildman–Crippen MR) is 94.3 cm³/mol. The number of hydrogen-bond acceptors (Lipinski definition) is 5. The molecule has 1 spiro atoms. The van der Waals surface area contributed by atoms with Crippen LogP contribution >= 0.6 is 0 Å². The van der Waals surface area contributed by atoms with Crippen molar-refractivity contribution in [1.82, 2.24) is 9.80 Å². The number of nitrogens with zero attached hydrogens (tertiary/aromatic N) is 2. The number of aliphatic hydroxyl groups excluding tert-OH is 2. The number of rotatable bonds is 7. The molecule has 3 rings (SSSR count). The fourth-order valence-corrected chi connectivity index (χ4v) is 4.21. The monoisotopic (exact) mass is 348 g/mol. The Morgan fingerprint density at radius 2 is 1.92 bits per heavy atom. The van der Waals surface area contributed by atoms with Crippen molar-refractivity contribution >= 4 is 5.91 Å². The van der Waals surface area contributed by atoms with Gasteiger partial charge in [0.05, 0.1) is 13.2 Å². The Hall–Kier alpha value is -1.63. The molecule has 1 atom stereocenters. The molecule has 6 nitrogen and oxygen atoms in total. The lowest BCUT2D eigenvalue weighted by Crippen LogP contribution is -2.60. The van der Waals surface area contributed by atoms with Gasteiger partial charge in [0.2, 0.25) is 5.91 Å². The smallest absolute Gasteiger partial charge is 0.243 e. The van der Waals surface area contributed by atoms with Crippen LogP contribution in [0.5, 0.6) is 5.75 Å². The lowest BCUT2D eigenvalue weighted by Gasteiger charge is -2.44. The van der Waals surface area contributed by atoms with Gasteiger partial charge in [-0.2, -0.15) is 0 Å². The zero-order valence-electron chi connectivity index (χ0n) is 14.7. The molecule has 1 amide bonds. The Morgan fingerprint density at radius 1 is 1.12 bits per heavy atom. The molecule has 1 aromatic carbocycles. The summed E-state index contributed by atoms with van der Waals surface area (Å²) < 4.78 is 5.50. The molecule has 2 heterocycles. The van der Waals surface area contributed by atoms with E-state index < -0.39 is 5.54 Å². The van der Waals surface area contributed by atoms with E-state index in [0.717, 1.165) is 56.6 Å². The fourth-order valence-electron chi connectivity index (χ4n) is 4.21. The van der Waals surface area contributed by atoms with Crippen molar-refractivity contribution < 1.29 is 19.7 Å². The van der Waals surface area contributed by atoms with Crippen molar-refractivity contribution in [1.29, 1.82) is 0 Å². The number of amides is 1. The van der Waals surface area contributed by atoms with E-state index in [1.807, 2.05) is 23.1 Å². The summed E-state index contributed by atoms with van der Waals surface area (Å²) in [5.74, 6) is 0.926. The van der Waals surface area contributed by atoms with E-state index in [2.05, 4.69) is 11.0 Å². The van der Waals surface area contributed by atoms with Crippen molar-refractivity contribution in [3.05, 3.63) is 29.8 Å². The summed E-state index contributed by atoms with van der Waals surface area (Å²) in [6.45, 7) is 3.11. The highest BCUT2D eigenvalue weighted by atomic mass is 16.5. The van der Waals surface area contributed by atoms with Gasteiger partial charge in [-0.05, 0) is 49.9 Å². The Balaban J connectivity index is 1.74. The second kappa shape index (κ2) is 8.17. The first-order valence-corrected chi connectivity index (χ1v) is 9.17. The van der Waals surface area contributed by atoms with E-state index in [1.54, 1.807) is 0 Å². The van der Waals surface area contributed by atoms with Crippen molar-refractivity contribution in [3.63, 3.8) is 0 Å². The number of benzene rings is 1. The Bertz CT molecular complexity index is 593. The molecule has 2 N–H and O–H groups in total. The molecule has 2 aliphatic rings. The molecule has 1 aromatic rings. The van der Waals surface area contributed by atoms with E-state index in [0.29, 0.717) is 6.54 Å². The van der Waals surface area contributed by atoms with E-state index >= 15 is 0 Å². The van der Waals surface area contributed by atoms with Gasteiger partial charge in [0, 0.05) is 19.6 Å². The average molecular weight is 348 g/mol. The minimum absolute atomic E-state index is 0.00530. The van der Waals surface area contributed by atoms with Crippen LogP contribution in [0.2, 0.25) is 0 Å². The number of hydrogen-bond donors (Lipinski definition) is 2. The van der Waals surface area contributed by atoms with Gasteiger partial charge in [-0.25, -0.2) is 0 Å². The molecule has 2 saturated heterocycles. The average Bonchev–Trinajstić information content (AvgIpc) is 3.01. The van der Waals surface area contributed by atoms with Crippen LogP contribution in [0.25, 0.3) is 0 Å². The number of carbonyl (C=O) groups is 1. The summed E-state index contributed by atoms with van der Waals surface area (Å²) >= 11 is 0. The molecule has 2 fully saturated rings. The quantitative estimate of drug-likeness (QED) is 0.769. The lowest BCUT2D eigenvalue weighted by molar-refractivity contribution is -0.148. The van der Waals surface area contributed by atoms with Crippen molar-refractivity contribution in [2.75, 3.05) is 39.5 Å². The number of ether oxygens (including phenoxy) is 1. The van der Waals surface area contributed by atoms with Gasteiger partial charge >= 0.3 is 0 Å². The summed E-state index contributed by atoms with van der Waals surface area (Å²) in [6.07, 6.45) is 3.81. The standard InChI is InChI=1S/C19H28N2O4/c22-11-10-20-8-2-6-19(18(20)24)7-3-9-21(19)15-16-4-1-5-17(14-16)25-13-12-23/h1,4-5,14,22-23H,2-3,6-13,15H2. The molecule has 0 saturated carbocycles. The van der Waals surface area contributed by atoms with Crippen molar-refractivity contribution in [2.24, 2.45) is 0 Å². The Morgan fingerprint density at radius 3 is 2.68 bits per heavy atom. The van der Waals surface area contributed by atoms with Gasteiger partial charge in [0.15, 0.2) is 0 Å². The number of piperidine rings is 1. The third-order valence-electron chi connectivity index (χ3n) is 5.33. The second-order valence-electron chi connectivity index (χ2n) is 6.90. The molecular formula is C19H28N2O4. The zero-order valence-corrected chi connectivity index (χ0v) is 14.7. The van der Waals surface area contributed by atoms with Gasteiger partial charge in [-0.3, -0.25) is 9.69 Å². The van der Waals surface area contributed by atoms with Gasteiger partial charge in [-0.15, -0.1) is 0 Å². The van der Waals surface area contributed by atoms with Crippen LogP contribution in [-0.4, -0.2) is 70.9 Å². The van der Waals surface area contributed by atoms with Gasteiger partial charge in [0.1, 0.15) is 17.9 Å². The summed E-state index contributed by atoms with van der Waals surface area (Å²) in [7, 11) is 0. The van der Waals surface area contributed by atoms with Crippen molar-refractivity contribution in [3.8, 4) is 5.75 Å². The largest absolute Gasteiger partial charge is 0.491 e. The fraction of sp³-hybridized carbons (Fsp3) is 0.632. The molecular weight excluding hydrogens is 320 g/mol. The topological polar surface area (TPSA) is 73.2 Å². The third-order valence-corrected chi connectivity index (χ3v) is 5.33. The van der Waals surface area contributed by atoms with E-state index in [4.69, 9.17) is 9.84 Å². The van der Waals surface area contributed by atoms with Gasteiger partial charge < -0.3 is 19.8 Å². The van der Waals surface area contributed by atoms with E-state index in [9.17, 15) is 9.90 Å². The van der Waals surface area contributed by atoms with E-state index in [1.165, 1.54) is 0 Å². The number of β-amino-alcohol motifs (C(OH)–C–C–N with tert-alkyl or cyclic N) is 1. The van der Waals surface area contributed by atoms with Crippen LogP contribution < -0.4 is 4.74 Å². The van der Waals surface area contributed by atoms with Crippen LogP contribution in [0, 0.1) is 0 Å². The van der Waals surface area contributed by atoms with Crippen LogP contribution in [0.4, 0.5) is 0 Å². The zero-order chi connectivity index (χ0) is 17.7. The molecule has 0 aliphatic carbocycles. The first-order chi connectivity index (χ1) is 12.2.